The van der Waals surface area contributed by atoms with Crippen LogP contribution in [0.15, 0.2) is 11.3 Å². The molecule has 0 aliphatic heterocycles. The van der Waals surface area contributed by atoms with Gasteiger partial charge in [0.25, 0.3) is 0 Å². The van der Waals surface area contributed by atoms with Crippen molar-refractivity contribution in [3.8, 4) is 0 Å². The highest BCUT2D eigenvalue weighted by Gasteiger charge is 2.40. The summed E-state index contributed by atoms with van der Waals surface area (Å²) in [5.74, 6) is -1.46. The lowest BCUT2D eigenvalue weighted by molar-refractivity contribution is -0.124. The second kappa shape index (κ2) is 5.63. The van der Waals surface area contributed by atoms with E-state index in [4.69, 9.17) is 34.8 Å². The number of alkyl halides is 3. The fourth-order valence-electron chi connectivity index (χ4n) is 2.38. The summed E-state index contributed by atoms with van der Waals surface area (Å²) in [6, 6.07) is 0. The molecule has 0 spiro atoms. The van der Waals surface area contributed by atoms with E-state index >= 15 is 0 Å². The molecule has 0 aromatic heterocycles. The third-order valence-corrected chi connectivity index (χ3v) is 3.63. The Kier molecular flexibility index (Phi) is 4.98. The Bertz CT molecular complexity index is 433. The van der Waals surface area contributed by atoms with Crippen molar-refractivity contribution in [1.82, 2.24) is 0 Å². The van der Waals surface area contributed by atoms with Crippen LogP contribution in [0.25, 0.3) is 0 Å². The number of hydrogen-bond donors (Lipinski definition) is 1. The molecule has 6 heteroatoms. The standard InChI is InChI=1S/C13H17Cl3O3/c1-7(17)8(4-13(14,15)16)11-9(18)5-12(2,3)6-10(11)19/h8,18H,4-6H2,1-3H3/t8-/m0/s1. The highest BCUT2D eigenvalue weighted by atomic mass is 35.6. The van der Waals surface area contributed by atoms with Crippen molar-refractivity contribution < 1.29 is 14.7 Å². The first-order valence-corrected chi connectivity index (χ1v) is 7.09. The minimum absolute atomic E-state index is 0.0595. The van der Waals surface area contributed by atoms with Crippen molar-refractivity contribution in [2.45, 2.75) is 43.8 Å². The molecule has 0 radical (unpaired) electrons. The zero-order chi connectivity index (χ0) is 15.0. The first-order chi connectivity index (χ1) is 8.43. The van der Waals surface area contributed by atoms with Gasteiger partial charge in [0.05, 0.1) is 5.92 Å². The number of ketones is 2. The molecule has 0 amide bonds. The number of Topliss-reactive ketones (excluding diaryl/α,β-unsaturated/α-hetero) is 2. The number of carbonyl (C=O) groups is 2. The lowest BCUT2D eigenvalue weighted by atomic mass is 9.72. The summed E-state index contributed by atoms with van der Waals surface area (Å²) in [4.78, 5) is 23.9. The lowest BCUT2D eigenvalue weighted by Crippen LogP contribution is -2.32. The Morgan fingerprint density at radius 2 is 1.89 bits per heavy atom. The molecular weight excluding hydrogens is 310 g/mol. The van der Waals surface area contributed by atoms with Crippen LogP contribution >= 0.6 is 34.8 Å². The molecule has 19 heavy (non-hydrogen) atoms. The van der Waals surface area contributed by atoms with Gasteiger partial charge < -0.3 is 5.11 Å². The smallest absolute Gasteiger partial charge is 0.191 e. The maximum Gasteiger partial charge on any atom is 0.191 e. The number of halogens is 3. The molecule has 1 N–H and O–H groups in total. The third-order valence-electron chi connectivity index (χ3n) is 3.17. The summed E-state index contributed by atoms with van der Waals surface area (Å²) >= 11 is 17.1. The fraction of sp³-hybridized carbons (Fsp3) is 0.692. The molecule has 0 saturated heterocycles. The summed E-state index contributed by atoms with van der Waals surface area (Å²) in [6.45, 7) is 5.10. The zero-order valence-electron chi connectivity index (χ0n) is 11.1. The highest BCUT2D eigenvalue weighted by Crippen LogP contribution is 2.42. The van der Waals surface area contributed by atoms with Crippen LogP contribution in [-0.2, 0) is 9.59 Å². The minimum Gasteiger partial charge on any atom is -0.512 e. The van der Waals surface area contributed by atoms with Crippen LogP contribution in [0, 0.1) is 11.3 Å². The first-order valence-electron chi connectivity index (χ1n) is 5.95. The maximum atomic E-state index is 12.2. The second-order valence-corrected chi connectivity index (χ2v) is 8.30. The quantitative estimate of drug-likeness (QED) is 0.792. The Hall–Kier alpha value is -0.250. The molecule has 1 aliphatic rings. The van der Waals surface area contributed by atoms with Crippen molar-refractivity contribution in [3.63, 3.8) is 0 Å². The molecule has 108 valence electrons. The molecule has 0 fully saturated rings. The molecule has 1 aliphatic carbocycles. The van der Waals surface area contributed by atoms with Gasteiger partial charge in [0.1, 0.15) is 11.5 Å². The van der Waals surface area contributed by atoms with Gasteiger partial charge >= 0.3 is 0 Å². The van der Waals surface area contributed by atoms with Crippen molar-refractivity contribution in [1.29, 1.82) is 0 Å². The van der Waals surface area contributed by atoms with Crippen molar-refractivity contribution in [2.75, 3.05) is 0 Å². The molecule has 0 bridgehead atoms. The average molecular weight is 328 g/mol. The monoisotopic (exact) mass is 326 g/mol. The van der Waals surface area contributed by atoms with Crippen molar-refractivity contribution >= 4 is 46.4 Å². The molecule has 0 aromatic carbocycles. The van der Waals surface area contributed by atoms with Crippen LogP contribution < -0.4 is 0 Å². The topological polar surface area (TPSA) is 54.4 Å². The van der Waals surface area contributed by atoms with Crippen LogP contribution in [0.5, 0.6) is 0 Å². The van der Waals surface area contributed by atoms with E-state index in [2.05, 4.69) is 0 Å². The van der Waals surface area contributed by atoms with Gasteiger partial charge in [-0.15, -0.1) is 0 Å². The molecule has 1 rings (SSSR count). The molecule has 0 saturated carbocycles. The van der Waals surface area contributed by atoms with E-state index in [9.17, 15) is 14.7 Å². The Balaban J connectivity index is 3.16. The number of hydrogen-bond acceptors (Lipinski definition) is 3. The Morgan fingerprint density at radius 1 is 1.37 bits per heavy atom. The van der Waals surface area contributed by atoms with Gasteiger partial charge in [0, 0.05) is 24.8 Å². The normalized spacial score (nSPS) is 21.5. The Morgan fingerprint density at radius 3 is 2.26 bits per heavy atom. The molecule has 1 atom stereocenters. The summed E-state index contributed by atoms with van der Waals surface area (Å²) in [7, 11) is 0. The summed E-state index contributed by atoms with van der Waals surface area (Å²) in [5.41, 5.74) is -0.204. The van der Waals surface area contributed by atoms with Gasteiger partial charge in [0.2, 0.25) is 0 Å². The number of allylic oxidation sites excluding steroid dienone is 2. The summed E-state index contributed by atoms with van der Waals surface area (Å²) < 4.78 is -1.64. The number of rotatable bonds is 3. The molecule has 0 heterocycles. The van der Waals surface area contributed by atoms with Crippen LogP contribution in [0.3, 0.4) is 0 Å². The number of carbonyl (C=O) groups excluding carboxylic acids is 2. The number of aliphatic hydroxyl groups excluding tert-OH is 1. The van der Waals surface area contributed by atoms with E-state index in [-0.39, 0.29) is 41.2 Å². The van der Waals surface area contributed by atoms with Crippen LogP contribution in [0.2, 0.25) is 0 Å². The second-order valence-electron chi connectivity index (χ2n) is 5.78. The predicted molar refractivity (Wildman–Crippen MR) is 76.8 cm³/mol. The van der Waals surface area contributed by atoms with E-state index in [0.29, 0.717) is 6.42 Å². The van der Waals surface area contributed by atoms with Gasteiger partial charge in [-0.25, -0.2) is 0 Å². The fourth-order valence-corrected chi connectivity index (χ4v) is 2.84. The van der Waals surface area contributed by atoms with Gasteiger partial charge in [-0.05, 0) is 12.3 Å². The predicted octanol–water partition coefficient (Wildman–Crippen LogP) is 4.15. The van der Waals surface area contributed by atoms with E-state index < -0.39 is 9.71 Å². The zero-order valence-corrected chi connectivity index (χ0v) is 13.4. The van der Waals surface area contributed by atoms with Gasteiger partial charge in [-0.2, -0.15) is 0 Å². The largest absolute Gasteiger partial charge is 0.512 e. The van der Waals surface area contributed by atoms with Gasteiger partial charge in [-0.1, -0.05) is 48.7 Å². The van der Waals surface area contributed by atoms with Gasteiger partial charge in [0.15, 0.2) is 9.58 Å². The highest BCUT2D eigenvalue weighted by molar-refractivity contribution is 6.67. The number of aliphatic hydroxyl groups is 1. The van der Waals surface area contributed by atoms with E-state index in [1.54, 1.807) is 0 Å². The van der Waals surface area contributed by atoms with Crippen LogP contribution in [0.4, 0.5) is 0 Å². The van der Waals surface area contributed by atoms with E-state index in [1.165, 1.54) is 6.92 Å². The average Bonchev–Trinajstić information content (AvgIpc) is 2.10. The van der Waals surface area contributed by atoms with Gasteiger partial charge in [-0.3, -0.25) is 9.59 Å². The van der Waals surface area contributed by atoms with Crippen LogP contribution in [-0.4, -0.2) is 20.5 Å². The van der Waals surface area contributed by atoms with Crippen molar-refractivity contribution in [2.24, 2.45) is 11.3 Å². The maximum absolute atomic E-state index is 12.2. The molecule has 3 nitrogen and oxygen atoms in total. The van der Waals surface area contributed by atoms with Crippen molar-refractivity contribution in [3.05, 3.63) is 11.3 Å². The SMILES string of the molecule is CC(=O)[C@H](CC(Cl)(Cl)Cl)C1=C(O)CC(C)(C)CC1=O. The first kappa shape index (κ1) is 16.8. The summed E-state index contributed by atoms with van der Waals surface area (Å²) in [5, 5.41) is 10.1. The molecule has 0 aromatic rings. The minimum atomic E-state index is -1.64. The van der Waals surface area contributed by atoms with E-state index in [0.717, 1.165) is 0 Å². The third kappa shape index (κ3) is 4.66. The molecule has 0 unspecified atom stereocenters. The lowest BCUT2D eigenvalue weighted by Gasteiger charge is -2.32. The van der Waals surface area contributed by atoms with E-state index in [1.807, 2.05) is 13.8 Å². The molecular formula is C13H17Cl3O3. The van der Waals surface area contributed by atoms with Crippen LogP contribution in [0.1, 0.15) is 40.0 Å². The summed E-state index contributed by atoms with van der Waals surface area (Å²) in [6.07, 6.45) is 0.506. The Labute approximate surface area is 127 Å².